The average molecular weight is 213 g/mol. The zero-order valence-electron chi connectivity index (χ0n) is 8.65. The maximum Gasteiger partial charge on any atom is 0.165 e. The van der Waals surface area contributed by atoms with E-state index in [9.17, 15) is 14.6 Å². The Hall–Kier alpha value is -1.13. The molecule has 0 aliphatic rings. The van der Waals surface area contributed by atoms with Crippen molar-refractivity contribution in [2.45, 2.75) is 31.9 Å². The number of hydrogen-bond donors (Lipinski definition) is 3. The smallest absolute Gasteiger partial charge is 0.165 e. The first-order valence-electron chi connectivity index (χ1n) is 4.99. The Labute approximate surface area is 88.4 Å². The van der Waals surface area contributed by atoms with Crippen LogP contribution in [0.15, 0.2) is 18.2 Å². The number of aliphatic hydroxyl groups is 1. The molecule has 0 aromatic heterocycles. The number of para-hydroxylation sites is 1. The number of phenols is 1. The fourth-order valence-corrected chi connectivity index (χ4v) is 1.48. The van der Waals surface area contributed by atoms with Crippen LogP contribution < -0.4 is 5.73 Å². The molecule has 0 unspecified atom stereocenters. The Morgan fingerprint density at radius 2 is 2.13 bits per heavy atom. The summed E-state index contributed by atoms with van der Waals surface area (Å²) < 4.78 is 13.0. The lowest BCUT2D eigenvalue weighted by molar-refractivity contribution is 0.133. The number of rotatable bonds is 4. The van der Waals surface area contributed by atoms with Crippen molar-refractivity contribution in [3.8, 4) is 5.75 Å². The van der Waals surface area contributed by atoms with Crippen LogP contribution in [0.3, 0.4) is 0 Å². The van der Waals surface area contributed by atoms with Crippen LogP contribution in [0.2, 0.25) is 0 Å². The molecular formula is C11H16FNO2. The first-order valence-corrected chi connectivity index (χ1v) is 4.99. The molecule has 1 aromatic carbocycles. The van der Waals surface area contributed by atoms with E-state index in [1.165, 1.54) is 12.1 Å². The molecule has 15 heavy (non-hydrogen) atoms. The second-order valence-electron chi connectivity index (χ2n) is 3.56. The van der Waals surface area contributed by atoms with Crippen molar-refractivity contribution >= 4 is 0 Å². The highest BCUT2D eigenvalue weighted by molar-refractivity contribution is 5.36. The van der Waals surface area contributed by atoms with E-state index in [2.05, 4.69) is 0 Å². The summed E-state index contributed by atoms with van der Waals surface area (Å²) in [6.45, 7) is 1.92. The van der Waals surface area contributed by atoms with Gasteiger partial charge in [-0.1, -0.05) is 25.5 Å². The summed E-state index contributed by atoms with van der Waals surface area (Å²) in [6.07, 6.45) is 0.546. The molecule has 0 aliphatic heterocycles. The monoisotopic (exact) mass is 213 g/mol. The van der Waals surface area contributed by atoms with Crippen LogP contribution in [-0.4, -0.2) is 16.3 Å². The molecule has 0 amide bonds. The van der Waals surface area contributed by atoms with Gasteiger partial charge < -0.3 is 15.9 Å². The number of hydrogen-bond acceptors (Lipinski definition) is 3. The average Bonchev–Trinajstić information content (AvgIpc) is 2.21. The second kappa shape index (κ2) is 5.09. The van der Waals surface area contributed by atoms with Crippen LogP contribution in [0.4, 0.5) is 4.39 Å². The molecule has 1 aromatic rings. The number of aromatic hydroxyl groups is 1. The van der Waals surface area contributed by atoms with Gasteiger partial charge in [-0.25, -0.2) is 4.39 Å². The molecule has 3 nitrogen and oxygen atoms in total. The lowest BCUT2D eigenvalue weighted by Crippen LogP contribution is -2.26. The highest BCUT2D eigenvalue weighted by Gasteiger charge is 2.20. The molecule has 0 saturated heterocycles. The van der Waals surface area contributed by atoms with Crippen molar-refractivity contribution in [3.63, 3.8) is 0 Å². The van der Waals surface area contributed by atoms with E-state index in [4.69, 9.17) is 5.73 Å². The maximum atomic E-state index is 13.0. The van der Waals surface area contributed by atoms with Gasteiger partial charge in [-0.2, -0.15) is 0 Å². The summed E-state index contributed by atoms with van der Waals surface area (Å²) in [6, 6.07) is 3.38. The van der Waals surface area contributed by atoms with Gasteiger partial charge in [0.05, 0.1) is 12.1 Å². The molecule has 0 bridgehead atoms. The summed E-state index contributed by atoms with van der Waals surface area (Å²) in [4.78, 5) is 0. The van der Waals surface area contributed by atoms with Gasteiger partial charge in [-0.05, 0) is 12.5 Å². The molecule has 84 valence electrons. The van der Waals surface area contributed by atoms with Gasteiger partial charge in [0.15, 0.2) is 11.6 Å². The molecule has 0 fully saturated rings. The Kier molecular flexibility index (Phi) is 4.05. The summed E-state index contributed by atoms with van der Waals surface area (Å²) in [5.74, 6) is -1.19. The fraction of sp³-hybridized carbons (Fsp3) is 0.455. The van der Waals surface area contributed by atoms with E-state index >= 15 is 0 Å². The van der Waals surface area contributed by atoms with E-state index in [-0.39, 0.29) is 5.56 Å². The summed E-state index contributed by atoms with van der Waals surface area (Å²) >= 11 is 0. The Morgan fingerprint density at radius 1 is 1.47 bits per heavy atom. The third-order valence-corrected chi connectivity index (χ3v) is 2.38. The predicted octanol–water partition coefficient (Wildman–Crippen LogP) is 1.69. The molecular weight excluding hydrogens is 197 g/mol. The van der Waals surface area contributed by atoms with Crippen molar-refractivity contribution in [1.29, 1.82) is 0 Å². The van der Waals surface area contributed by atoms with E-state index in [1.807, 2.05) is 6.92 Å². The largest absolute Gasteiger partial charge is 0.505 e. The molecule has 0 heterocycles. The van der Waals surface area contributed by atoms with Crippen LogP contribution >= 0.6 is 0 Å². The van der Waals surface area contributed by atoms with Gasteiger partial charge in [-0.3, -0.25) is 0 Å². The first kappa shape index (κ1) is 11.9. The Bertz CT molecular complexity index is 330. The van der Waals surface area contributed by atoms with Gasteiger partial charge in [0.2, 0.25) is 0 Å². The third kappa shape index (κ3) is 2.67. The number of halogens is 1. The molecule has 4 heteroatoms. The zero-order chi connectivity index (χ0) is 11.4. The number of phenolic OH excluding ortho intramolecular Hbond substituents is 1. The van der Waals surface area contributed by atoms with Crippen molar-refractivity contribution < 1.29 is 14.6 Å². The molecule has 0 aliphatic carbocycles. The predicted molar refractivity (Wildman–Crippen MR) is 55.9 cm³/mol. The van der Waals surface area contributed by atoms with E-state index < -0.39 is 23.7 Å². The standard InChI is InChI=1S/C11H16FNO2/c1-2-4-9(14)10(13)7-5-3-6-8(12)11(7)15/h3,5-6,9-10,14-15H,2,4,13H2,1H3/t9-,10+/m1/s1. The fourth-order valence-electron chi connectivity index (χ4n) is 1.48. The van der Waals surface area contributed by atoms with Gasteiger partial charge >= 0.3 is 0 Å². The second-order valence-corrected chi connectivity index (χ2v) is 3.56. The highest BCUT2D eigenvalue weighted by Crippen LogP contribution is 2.28. The number of benzene rings is 1. The van der Waals surface area contributed by atoms with Gasteiger partial charge in [-0.15, -0.1) is 0 Å². The summed E-state index contributed by atoms with van der Waals surface area (Å²) in [5, 5.41) is 19.0. The van der Waals surface area contributed by atoms with E-state index in [0.29, 0.717) is 6.42 Å². The van der Waals surface area contributed by atoms with Crippen LogP contribution in [0.1, 0.15) is 31.4 Å². The number of aliphatic hydroxyl groups excluding tert-OH is 1. The molecule has 0 spiro atoms. The van der Waals surface area contributed by atoms with Crippen molar-refractivity contribution in [2.75, 3.05) is 0 Å². The summed E-state index contributed by atoms with van der Waals surface area (Å²) in [5.41, 5.74) is 5.96. The highest BCUT2D eigenvalue weighted by atomic mass is 19.1. The SMILES string of the molecule is CCC[C@@H](O)[C@@H](N)c1cccc(F)c1O. The summed E-state index contributed by atoms with van der Waals surface area (Å²) in [7, 11) is 0. The van der Waals surface area contributed by atoms with Gasteiger partial charge in [0, 0.05) is 5.56 Å². The zero-order valence-corrected chi connectivity index (χ0v) is 8.65. The topological polar surface area (TPSA) is 66.5 Å². The van der Waals surface area contributed by atoms with Crippen molar-refractivity contribution in [2.24, 2.45) is 5.73 Å². The Morgan fingerprint density at radius 3 is 2.73 bits per heavy atom. The molecule has 2 atom stereocenters. The molecule has 0 saturated carbocycles. The Balaban J connectivity index is 2.90. The van der Waals surface area contributed by atoms with E-state index in [1.54, 1.807) is 0 Å². The lowest BCUT2D eigenvalue weighted by Gasteiger charge is -2.19. The minimum atomic E-state index is -0.761. The number of nitrogens with two attached hydrogens (primary N) is 1. The normalized spacial score (nSPS) is 14.9. The van der Waals surface area contributed by atoms with E-state index in [0.717, 1.165) is 12.5 Å². The molecule has 4 N–H and O–H groups in total. The minimum absolute atomic E-state index is 0.246. The van der Waals surface area contributed by atoms with Crippen LogP contribution in [-0.2, 0) is 0 Å². The molecule has 0 radical (unpaired) electrons. The first-order chi connectivity index (χ1) is 7.07. The van der Waals surface area contributed by atoms with Crippen LogP contribution in [0.5, 0.6) is 5.75 Å². The maximum absolute atomic E-state index is 13.0. The lowest BCUT2D eigenvalue weighted by atomic mass is 9.98. The quantitative estimate of drug-likeness (QED) is 0.713. The van der Waals surface area contributed by atoms with Crippen molar-refractivity contribution in [1.82, 2.24) is 0 Å². The minimum Gasteiger partial charge on any atom is -0.505 e. The van der Waals surface area contributed by atoms with Gasteiger partial charge in [0.1, 0.15) is 0 Å². The van der Waals surface area contributed by atoms with Crippen LogP contribution in [0.25, 0.3) is 0 Å². The molecule has 1 rings (SSSR count). The van der Waals surface area contributed by atoms with Gasteiger partial charge in [0.25, 0.3) is 0 Å². The van der Waals surface area contributed by atoms with Crippen LogP contribution in [0, 0.1) is 5.82 Å². The third-order valence-electron chi connectivity index (χ3n) is 2.38. The van der Waals surface area contributed by atoms with Crippen molar-refractivity contribution in [3.05, 3.63) is 29.6 Å².